The number of H-pyrrole nitrogens is 1. The molecule has 1 unspecified atom stereocenters. The number of aromatic nitrogens is 3. The van der Waals surface area contributed by atoms with Gasteiger partial charge in [-0.25, -0.2) is 13.8 Å². The molecule has 4 nitrogen and oxygen atoms in total. The van der Waals surface area contributed by atoms with Gasteiger partial charge in [-0.3, -0.25) is 4.98 Å². The van der Waals surface area contributed by atoms with Crippen LogP contribution in [0, 0.1) is 11.6 Å². The van der Waals surface area contributed by atoms with Gasteiger partial charge in [0.15, 0.2) is 0 Å². The Balaban J connectivity index is 1.47. The molecule has 0 fully saturated rings. The van der Waals surface area contributed by atoms with Gasteiger partial charge in [0.2, 0.25) is 0 Å². The van der Waals surface area contributed by atoms with Crippen LogP contribution in [0.4, 0.5) is 8.78 Å². The van der Waals surface area contributed by atoms with Gasteiger partial charge < -0.3 is 9.72 Å². The summed E-state index contributed by atoms with van der Waals surface area (Å²) in [5.74, 6) is 0.533. The van der Waals surface area contributed by atoms with Crippen molar-refractivity contribution in [2.75, 3.05) is 0 Å². The van der Waals surface area contributed by atoms with Crippen molar-refractivity contribution in [3.8, 4) is 5.75 Å². The highest BCUT2D eigenvalue weighted by molar-refractivity contribution is 5.73. The van der Waals surface area contributed by atoms with Gasteiger partial charge in [-0.15, -0.1) is 0 Å². The molecule has 0 radical (unpaired) electrons. The van der Waals surface area contributed by atoms with Gasteiger partial charge in [0.25, 0.3) is 0 Å². The zero-order valence-corrected chi connectivity index (χ0v) is 14.6. The number of halogens is 2. The van der Waals surface area contributed by atoms with Crippen molar-refractivity contribution in [3.05, 3.63) is 89.5 Å². The van der Waals surface area contributed by atoms with Crippen LogP contribution in [0.5, 0.6) is 5.75 Å². The predicted molar refractivity (Wildman–Crippen MR) is 98.5 cm³/mol. The summed E-state index contributed by atoms with van der Waals surface area (Å²) in [5.41, 5.74) is 3.02. The molecule has 4 aromatic rings. The average Bonchev–Trinajstić information content (AvgIpc) is 3.13. The van der Waals surface area contributed by atoms with Crippen molar-refractivity contribution in [1.82, 2.24) is 15.0 Å². The van der Waals surface area contributed by atoms with Crippen LogP contribution in [0.2, 0.25) is 0 Å². The Hall–Kier alpha value is -3.28. The van der Waals surface area contributed by atoms with E-state index in [9.17, 15) is 8.78 Å². The minimum absolute atomic E-state index is 0.0327. The molecule has 0 saturated heterocycles. The van der Waals surface area contributed by atoms with Gasteiger partial charge in [-0.1, -0.05) is 19.1 Å². The van der Waals surface area contributed by atoms with Crippen LogP contribution in [-0.2, 0) is 6.61 Å². The normalized spacial score (nSPS) is 12.3. The van der Waals surface area contributed by atoms with E-state index in [1.54, 1.807) is 12.4 Å². The Morgan fingerprint density at radius 1 is 1.07 bits per heavy atom. The molecule has 0 bridgehead atoms. The molecule has 2 aromatic carbocycles. The van der Waals surface area contributed by atoms with Crippen molar-refractivity contribution in [3.63, 3.8) is 0 Å². The third-order valence-corrected chi connectivity index (χ3v) is 4.49. The number of ether oxygens (including phenoxy) is 1. The lowest BCUT2D eigenvalue weighted by molar-refractivity contribution is 0.299. The molecule has 2 aromatic heterocycles. The van der Waals surface area contributed by atoms with Crippen LogP contribution in [0.1, 0.15) is 29.8 Å². The summed E-state index contributed by atoms with van der Waals surface area (Å²) in [6.45, 7) is 2.03. The first kappa shape index (κ1) is 17.1. The highest BCUT2D eigenvalue weighted by Gasteiger charge is 2.13. The minimum Gasteiger partial charge on any atom is -0.489 e. The van der Waals surface area contributed by atoms with Crippen LogP contribution in [0.15, 0.2) is 60.9 Å². The van der Waals surface area contributed by atoms with Gasteiger partial charge in [0, 0.05) is 17.7 Å². The Bertz CT molecular complexity index is 1040. The molecule has 6 heteroatoms. The fraction of sp³-hybridized carbons (Fsp3) is 0.143. The van der Waals surface area contributed by atoms with Gasteiger partial charge >= 0.3 is 0 Å². The molecule has 1 atom stereocenters. The quantitative estimate of drug-likeness (QED) is 0.543. The Labute approximate surface area is 154 Å². The Morgan fingerprint density at radius 3 is 2.67 bits per heavy atom. The summed E-state index contributed by atoms with van der Waals surface area (Å²) in [7, 11) is 0. The van der Waals surface area contributed by atoms with Crippen molar-refractivity contribution < 1.29 is 13.5 Å². The van der Waals surface area contributed by atoms with Crippen LogP contribution in [-0.4, -0.2) is 15.0 Å². The first-order chi connectivity index (χ1) is 13.1. The zero-order valence-electron chi connectivity index (χ0n) is 14.6. The lowest BCUT2D eigenvalue weighted by atomic mass is 10.0. The number of hydrogen-bond donors (Lipinski definition) is 1. The number of benzene rings is 2. The second-order valence-corrected chi connectivity index (χ2v) is 6.33. The predicted octanol–water partition coefficient (Wildman–Crippen LogP) is 4.97. The summed E-state index contributed by atoms with van der Waals surface area (Å²) >= 11 is 0. The van der Waals surface area contributed by atoms with Crippen LogP contribution >= 0.6 is 0 Å². The Morgan fingerprint density at radius 2 is 1.89 bits per heavy atom. The summed E-state index contributed by atoms with van der Waals surface area (Å²) in [5, 5.41) is 0. The monoisotopic (exact) mass is 365 g/mol. The molecular formula is C21H17F2N3O. The maximum Gasteiger partial charge on any atom is 0.130 e. The number of rotatable bonds is 5. The number of nitrogens with one attached hydrogen (secondary N) is 1. The fourth-order valence-electron chi connectivity index (χ4n) is 2.91. The lowest BCUT2D eigenvalue weighted by Crippen LogP contribution is -2.01. The molecule has 1 N–H and O–H groups in total. The van der Waals surface area contributed by atoms with E-state index in [1.807, 2.05) is 30.3 Å². The highest BCUT2D eigenvalue weighted by Crippen LogP contribution is 2.26. The molecule has 136 valence electrons. The minimum atomic E-state index is -0.486. The molecule has 27 heavy (non-hydrogen) atoms. The zero-order chi connectivity index (χ0) is 18.8. The number of imidazole rings is 1. The topological polar surface area (TPSA) is 50.8 Å². The first-order valence-corrected chi connectivity index (χ1v) is 8.56. The SMILES string of the molecule is CC(c1ccc(OCc2cc(F)ccc2F)cc1)c1nc2ccncc2[nH]1. The van der Waals surface area contributed by atoms with E-state index >= 15 is 0 Å². The third kappa shape index (κ3) is 3.65. The van der Waals surface area contributed by atoms with Gasteiger partial charge in [0.1, 0.15) is 29.8 Å². The maximum atomic E-state index is 13.7. The van der Waals surface area contributed by atoms with E-state index in [2.05, 4.69) is 21.9 Å². The Kier molecular flexibility index (Phi) is 4.54. The lowest BCUT2D eigenvalue weighted by Gasteiger charge is -2.11. The first-order valence-electron chi connectivity index (χ1n) is 8.56. The van der Waals surface area contributed by atoms with E-state index in [0.717, 1.165) is 40.6 Å². The molecular weight excluding hydrogens is 348 g/mol. The second kappa shape index (κ2) is 7.15. The summed E-state index contributed by atoms with van der Waals surface area (Å²) < 4.78 is 32.5. The summed E-state index contributed by atoms with van der Waals surface area (Å²) in [6.07, 6.45) is 3.46. The average molecular weight is 365 g/mol. The molecule has 4 rings (SSSR count). The molecule has 0 amide bonds. The van der Waals surface area contributed by atoms with E-state index in [-0.39, 0.29) is 18.1 Å². The van der Waals surface area contributed by atoms with E-state index in [4.69, 9.17) is 4.74 Å². The smallest absolute Gasteiger partial charge is 0.130 e. The molecule has 2 heterocycles. The number of pyridine rings is 1. The largest absolute Gasteiger partial charge is 0.489 e. The number of nitrogens with zero attached hydrogens (tertiary/aromatic N) is 2. The molecule has 0 aliphatic rings. The molecule has 0 aliphatic carbocycles. The van der Waals surface area contributed by atoms with Crippen molar-refractivity contribution in [2.24, 2.45) is 0 Å². The number of fused-ring (bicyclic) bond motifs is 1. The van der Waals surface area contributed by atoms with Gasteiger partial charge in [0.05, 0.1) is 17.2 Å². The van der Waals surface area contributed by atoms with Crippen LogP contribution in [0.25, 0.3) is 11.0 Å². The fourth-order valence-corrected chi connectivity index (χ4v) is 2.91. The van der Waals surface area contributed by atoms with Crippen LogP contribution < -0.4 is 4.74 Å². The van der Waals surface area contributed by atoms with Gasteiger partial charge in [-0.05, 0) is 42.0 Å². The number of hydrogen-bond acceptors (Lipinski definition) is 3. The van der Waals surface area contributed by atoms with Gasteiger partial charge in [-0.2, -0.15) is 0 Å². The van der Waals surface area contributed by atoms with Crippen molar-refractivity contribution in [2.45, 2.75) is 19.4 Å². The summed E-state index contributed by atoms with van der Waals surface area (Å²) in [4.78, 5) is 12.0. The number of aromatic amines is 1. The maximum absolute atomic E-state index is 13.7. The van der Waals surface area contributed by atoms with E-state index in [0.29, 0.717) is 5.75 Å². The van der Waals surface area contributed by atoms with E-state index < -0.39 is 11.6 Å². The van der Waals surface area contributed by atoms with Crippen molar-refractivity contribution >= 4 is 11.0 Å². The van der Waals surface area contributed by atoms with Crippen molar-refractivity contribution in [1.29, 1.82) is 0 Å². The third-order valence-electron chi connectivity index (χ3n) is 4.49. The molecule has 0 spiro atoms. The van der Waals surface area contributed by atoms with E-state index in [1.165, 1.54) is 0 Å². The summed E-state index contributed by atoms with van der Waals surface area (Å²) in [6, 6.07) is 12.7. The van der Waals surface area contributed by atoms with Crippen LogP contribution in [0.3, 0.4) is 0 Å². The standard InChI is InChI=1S/C21H17F2N3O/c1-13(21-25-19-8-9-24-11-20(19)26-21)14-2-5-17(6-3-14)27-12-15-10-16(22)4-7-18(15)23/h2-11,13H,12H2,1H3,(H,25,26). The molecule has 0 saturated carbocycles. The second-order valence-electron chi connectivity index (χ2n) is 6.33. The highest BCUT2D eigenvalue weighted by atomic mass is 19.1. The molecule has 0 aliphatic heterocycles.